The maximum absolute atomic E-state index is 13.9. The topological polar surface area (TPSA) is 35.3 Å². The van der Waals surface area contributed by atoms with Gasteiger partial charge in [-0.25, -0.2) is 4.39 Å². The average molecular weight is 373 g/mol. The number of aromatic nitrogens is 1. The van der Waals surface area contributed by atoms with Crippen molar-refractivity contribution in [3.05, 3.63) is 53.6 Å². The quantitative estimate of drug-likeness (QED) is 0.589. The monoisotopic (exact) mass is 371 g/mol. The summed E-state index contributed by atoms with van der Waals surface area (Å²) < 4.78 is 24.9. The molecule has 6 heteroatoms. The molecule has 1 aromatic carbocycles. The first-order chi connectivity index (χ1) is 10.2. The van der Waals surface area contributed by atoms with Gasteiger partial charge in [0, 0.05) is 16.5 Å². The van der Waals surface area contributed by atoms with Gasteiger partial charge in [0.15, 0.2) is 5.76 Å². The number of allylic oxidation sites excluding steroid dienone is 1. The molecule has 110 valence electrons. The molecule has 3 rings (SSSR count). The molecule has 0 saturated carbocycles. The van der Waals surface area contributed by atoms with Crippen LogP contribution >= 0.6 is 27.5 Å². The van der Waals surface area contributed by atoms with E-state index in [4.69, 9.17) is 20.9 Å². The van der Waals surface area contributed by atoms with Gasteiger partial charge in [0.1, 0.15) is 11.5 Å². The minimum atomic E-state index is -1.18. The summed E-state index contributed by atoms with van der Waals surface area (Å²) in [5.41, 5.74) is 1.63. The van der Waals surface area contributed by atoms with Gasteiger partial charge in [-0.05, 0) is 24.6 Å². The van der Waals surface area contributed by atoms with E-state index in [0.29, 0.717) is 35.4 Å². The Kier molecular flexibility index (Phi) is 4.15. The van der Waals surface area contributed by atoms with Crippen LogP contribution in [0.4, 0.5) is 4.39 Å². The van der Waals surface area contributed by atoms with Gasteiger partial charge in [0.05, 0.1) is 6.61 Å². The fraction of sp³-hybridized carbons (Fsp3) is 0.267. The van der Waals surface area contributed by atoms with Crippen molar-refractivity contribution in [3.8, 4) is 11.3 Å². The molecule has 0 fully saturated rings. The lowest BCUT2D eigenvalue weighted by Crippen LogP contribution is -2.24. The highest BCUT2D eigenvalue weighted by Crippen LogP contribution is 2.42. The van der Waals surface area contributed by atoms with Gasteiger partial charge in [-0.1, -0.05) is 50.9 Å². The highest BCUT2D eigenvalue weighted by Gasteiger charge is 2.39. The van der Waals surface area contributed by atoms with E-state index in [2.05, 4.69) is 21.1 Å². The van der Waals surface area contributed by atoms with Crippen LogP contribution in [0, 0.1) is 5.82 Å². The van der Waals surface area contributed by atoms with Gasteiger partial charge < -0.3 is 9.26 Å². The Morgan fingerprint density at radius 2 is 2.24 bits per heavy atom. The molecule has 2 aromatic rings. The van der Waals surface area contributed by atoms with Crippen molar-refractivity contribution in [2.24, 2.45) is 0 Å². The number of ether oxygens (including phenoxy) is 1. The fourth-order valence-corrected chi connectivity index (χ4v) is 2.81. The lowest BCUT2D eigenvalue weighted by atomic mass is 9.96. The zero-order chi connectivity index (χ0) is 14.9. The minimum absolute atomic E-state index is 0.343. The van der Waals surface area contributed by atoms with Crippen molar-refractivity contribution < 1.29 is 13.7 Å². The minimum Gasteiger partial charge on any atom is -0.356 e. The highest BCUT2D eigenvalue weighted by molar-refractivity contribution is 9.09. The average Bonchev–Trinajstić information content (AvgIpc) is 2.91. The van der Waals surface area contributed by atoms with Crippen LogP contribution in [-0.2, 0) is 16.2 Å². The van der Waals surface area contributed by atoms with Crippen molar-refractivity contribution in [2.75, 3.05) is 11.9 Å². The van der Waals surface area contributed by atoms with E-state index in [-0.39, 0.29) is 5.82 Å². The van der Waals surface area contributed by atoms with Crippen LogP contribution in [0.15, 0.2) is 40.9 Å². The number of hydrogen-bond donors (Lipinski definition) is 0. The second-order valence-electron chi connectivity index (χ2n) is 4.61. The second-order valence-corrected chi connectivity index (χ2v) is 5.96. The zero-order valence-corrected chi connectivity index (χ0v) is 13.3. The Bertz CT molecular complexity index is 688. The first kappa shape index (κ1) is 14.8. The SMILES string of the molecule is Fc1ccccc1-c1noc2c1CC=CC2(Cl)OCCBr. The third-order valence-corrected chi connectivity index (χ3v) is 4.00. The van der Waals surface area contributed by atoms with Crippen LogP contribution < -0.4 is 0 Å². The second kappa shape index (κ2) is 5.91. The van der Waals surface area contributed by atoms with Crippen LogP contribution in [0.1, 0.15) is 11.3 Å². The van der Waals surface area contributed by atoms with Gasteiger partial charge >= 0.3 is 0 Å². The molecule has 0 N–H and O–H groups in total. The summed E-state index contributed by atoms with van der Waals surface area (Å²) in [6.07, 6.45) is 4.19. The van der Waals surface area contributed by atoms with E-state index in [1.165, 1.54) is 6.07 Å². The number of hydrogen-bond acceptors (Lipinski definition) is 3. The predicted molar refractivity (Wildman–Crippen MR) is 82.0 cm³/mol. The van der Waals surface area contributed by atoms with Crippen molar-refractivity contribution in [1.29, 1.82) is 0 Å². The summed E-state index contributed by atoms with van der Waals surface area (Å²) in [5, 5.41) is 3.47. The van der Waals surface area contributed by atoms with E-state index >= 15 is 0 Å². The van der Waals surface area contributed by atoms with Gasteiger partial charge in [-0.15, -0.1) is 0 Å². The number of rotatable bonds is 4. The van der Waals surface area contributed by atoms with Crippen LogP contribution in [0.3, 0.4) is 0 Å². The van der Waals surface area contributed by atoms with Crippen molar-refractivity contribution >= 4 is 27.5 Å². The summed E-state index contributed by atoms with van der Waals surface area (Å²) >= 11 is 9.76. The van der Waals surface area contributed by atoms with Crippen LogP contribution in [0.25, 0.3) is 11.3 Å². The Morgan fingerprint density at radius 1 is 1.43 bits per heavy atom. The molecule has 0 spiro atoms. The molecule has 3 nitrogen and oxygen atoms in total. The van der Waals surface area contributed by atoms with E-state index in [9.17, 15) is 4.39 Å². The summed E-state index contributed by atoms with van der Waals surface area (Å²) in [6.45, 7) is 0.420. The molecule has 0 amide bonds. The Hall–Kier alpha value is -1.17. The maximum Gasteiger partial charge on any atom is 0.222 e. The number of benzene rings is 1. The van der Waals surface area contributed by atoms with E-state index < -0.39 is 5.06 Å². The molecular formula is C15H12BrClFNO2. The van der Waals surface area contributed by atoms with Crippen LogP contribution in [0.5, 0.6) is 0 Å². The standard InChI is InChI=1S/C15H12BrClFNO2/c16-8-9-20-15(17)7-3-5-11-13(19-21-14(11)15)10-4-1-2-6-12(10)18/h1-4,6-7H,5,8-9H2. The fourth-order valence-electron chi connectivity index (χ4n) is 2.34. The van der Waals surface area contributed by atoms with Crippen molar-refractivity contribution in [1.82, 2.24) is 5.16 Å². The number of fused-ring (bicyclic) bond motifs is 1. The molecule has 1 heterocycles. The van der Waals surface area contributed by atoms with E-state index in [1.54, 1.807) is 24.3 Å². The Balaban J connectivity index is 2.05. The van der Waals surface area contributed by atoms with E-state index in [0.717, 1.165) is 5.56 Å². The molecule has 0 saturated heterocycles. The predicted octanol–water partition coefficient (Wildman–Crippen LogP) is 4.40. The van der Waals surface area contributed by atoms with Crippen LogP contribution in [0.2, 0.25) is 0 Å². The molecule has 0 radical (unpaired) electrons. The number of halogens is 3. The van der Waals surface area contributed by atoms with Gasteiger partial charge in [0.25, 0.3) is 0 Å². The molecule has 1 aromatic heterocycles. The highest BCUT2D eigenvalue weighted by atomic mass is 79.9. The molecule has 0 aliphatic heterocycles. The maximum atomic E-state index is 13.9. The molecular weight excluding hydrogens is 361 g/mol. The summed E-state index contributed by atoms with van der Waals surface area (Å²) in [6, 6.07) is 6.45. The number of nitrogens with zero attached hydrogens (tertiary/aromatic N) is 1. The summed E-state index contributed by atoms with van der Waals surface area (Å²) in [7, 11) is 0. The zero-order valence-electron chi connectivity index (χ0n) is 11.0. The smallest absolute Gasteiger partial charge is 0.222 e. The summed E-state index contributed by atoms with van der Waals surface area (Å²) in [5.74, 6) is 0.0792. The normalized spacial score (nSPS) is 20.5. The molecule has 1 aliphatic carbocycles. The molecule has 0 bridgehead atoms. The molecule has 1 atom stereocenters. The van der Waals surface area contributed by atoms with Gasteiger partial charge in [-0.2, -0.15) is 0 Å². The van der Waals surface area contributed by atoms with Crippen molar-refractivity contribution in [2.45, 2.75) is 11.5 Å². The summed E-state index contributed by atoms with van der Waals surface area (Å²) in [4.78, 5) is 0. The molecule has 21 heavy (non-hydrogen) atoms. The van der Waals surface area contributed by atoms with Crippen molar-refractivity contribution in [3.63, 3.8) is 0 Å². The lowest BCUT2D eigenvalue weighted by molar-refractivity contribution is 0.0412. The van der Waals surface area contributed by atoms with Gasteiger partial charge in [-0.3, -0.25) is 0 Å². The van der Waals surface area contributed by atoms with Crippen LogP contribution in [-0.4, -0.2) is 17.1 Å². The molecule has 1 aliphatic rings. The Morgan fingerprint density at radius 3 is 3.00 bits per heavy atom. The van der Waals surface area contributed by atoms with E-state index in [1.807, 2.05) is 6.08 Å². The van der Waals surface area contributed by atoms with Gasteiger partial charge in [0.2, 0.25) is 5.06 Å². The third kappa shape index (κ3) is 2.65. The lowest BCUT2D eigenvalue weighted by Gasteiger charge is -2.24. The first-order valence-electron chi connectivity index (χ1n) is 6.46. The first-order valence-corrected chi connectivity index (χ1v) is 7.96. The largest absolute Gasteiger partial charge is 0.356 e. The third-order valence-electron chi connectivity index (χ3n) is 3.27. The Labute approximate surface area is 134 Å². The number of alkyl halides is 2. The molecule has 1 unspecified atom stereocenters.